The van der Waals surface area contributed by atoms with Gasteiger partial charge in [-0.2, -0.15) is 0 Å². The van der Waals surface area contributed by atoms with Crippen LogP contribution in [0.5, 0.6) is 0 Å². The fraction of sp³-hybridized carbons (Fsp3) is 0.0333. The van der Waals surface area contributed by atoms with E-state index >= 15 is 0 Å². The number of thiophene rings is 1. The van der Waals surface area contributed by atoms with Gasteiger partial charge in [-0.1, -0.05) is 170 Å². The van der Waals surface area contributed by atoms with Crippen LogP contribution in [0.4, 0.5) is 0 Å². The van der Waals surface area contributed by atoms with Crippen LogP contribution in [0.25, 0.3) is 80.7 Å². The van der Waals surface area contributed by atoms with E-state index in [1.165, 1.54) is 125 Å². The highest BCUT2D eigenvalue weighted by atomic mass is 32.1. The smallest absolute Gasteiger partial charge is 0.0720 e. The minimum absolute atomic E-state index is 0.472. The molecular formula is C60H35NS. The summed E-state index contributed by atoms with van der Waals surface area (Å²) < 4.78 is 5.20. The molecule has 0 radical (unpaired) electrons. The highest BCUT2D eigenvalue weighted by Crippen LogP contribution is 2.67. The lowest BCUT2D eigenvalue weighted by Gasteiger charge is -2.48. The highest BCUT2D eigenvalue weighted by molar-refractivity contribution is 7.25. The first-order valence-corrected chi connectivity index (χ1v) is 22.5. The molecule has 0 aliphatic heterocycles. The second kappa shape index (κ2) is 11.6. The van der Waals surface area contributed by atoms with Crippen LogP contribution >= 0.6 is 11.3 Å². The van der Waals surface area contributed by atoms with Gasteiger partial charge in [-0.25, -0.2) is 0 Å². The van der Waals surface area contributed by atoms with E-state index in [1.807, 2.05) is 11.3 Å². The van der Waals surface area contributed by atoms with Gasteiger partial charge in [0, 0.05) is 36.6 Å². The van der Waals surface area contributed by atoms with Crippen molar-refractivity contribution >= 4 is 64.1 Å². The zero-order valence-corrected chi connectivity index (χ0v) is 34.4. The Morgan fingerprint density at radius 1 is 0.306 bits per heavy atom. The average Bonchev–Trinajstić information content (AvgIpc) is 4.05. The third kappa shape index (κ3) is 3.79. The zero-order valence-electron chi connectivity index (χ0n) is 33.6. The van der Waals surface area contributed by atoms with Crippen LogP contribution in [0.1, 0.15) is 44.5 Å². The molecule has 0 atom stereocenters. The number of aromatic nitrogens is 1. The predicted octanol–water partition coefficient (Wildman–Crippen LogP) is 15.3. The Bertz CT molecular complexity index is 3860. The number of hydrogen-bond acceptors (Lipinski definition) is 1. The molecule has 2 heterocycles. The van der Waals surface area contributed by atoms with E-state index in [0.717, 1.165) is 0 Å². The van der Waals surface area contributed by atoms with E-state index in [9.17, 15) is 0 Å². The molecule has 3 aliphatic carbocycles. The van der Waals surface area contributed by atoms with Crippen molar-refractivity contribution in [3.8, 4) is 27.9 Å². The minimum atomic E-state index is -0.568. The molecule has 12 aromatic rings. The second-order valence-electron chi connectivity index (χ2n) is 17.4. The molecule has 0 saturated heterocycles. The standard InChI is InChI=1S/C60H35NS/c1-2-16-38-36(15-1)29-31-54-58(38)45-34-43-41-19-5-9-23-48(41)60(53(43)35-55(45)61(54)37-30-32-57-44(33-37)42-20-6-14-28-56(42)62-57)51-26-12-10-24-49(51)59(50-25-11-13-27-52(50)60)46-21-7-3-17-39(46)40-18-4-8-22-47(40)59/h1-35H. The molecule has 286 valence electrons. The maximum Gasteiger partial charge on any atom is 0.0720 e. The number of fused-ring (bicyclic) bond motifs is 24. The molecule has 0 bridgehead atoms. The lowest BCUT2D eigenvalue weighted by molar-refractivity contribution is 0.633. The van der Waals surface area contributed by atoms with Crippen molar-refractivity contribution in [2.45, 2.75) is 10.8 Å². The van der Waals surface area contributed by atoms with Crippen molar-refractivity contribution < 1.29 is 0 Å². The fourth-order valence-corrected chi connectivity index (χ4v) is 13.7. The van der Waals surface area contributed by atoms with E-state index in [1.54, 1.807) is 0 Å². The first-order chi connectivity index (χ1) is 30.8. The van der Waals surface area contributed by atoms with Crippen molar-refractivity contribution in [2.75, 3.05) is 0 Å². The summed E-state index contributed by atoms with van der Waals surface area (Å²) in [6.45, 7) is 0. The lowest BCUT2D eigenvalue weighted by atomic mass is 9.52. The van der Waals surface area contributed by atoms with Crippen LogP contribution in [0, 0.1) is 0 Å². The third-order valence-corrected chi connectivity index (χ3v) is 16.0. The Morgan fingerprint density at radius 3 is 1.45 bits per heavy atom. The van der Waals surface area contributed by atoms with Gasteiger partial charge in [0.2, 0.25) is 0 Å². The number of hydrogen-bond donors (Lipinski definition) is 0. The first-order valence-electron chi connectivity index (χ1n) is 21.7. The average molecular weight is 802 g/mol. The number of benzene rings is 10. The Morgan fingerprint density at radius 2 is 0.806 bits per heavy atom. The minimum Gasteiger partial charge on any atom is -0.309 e. The van der Waals surface area contributed by atoms with Gasteiger partial charge in [-0.05, 0) is 120 Å². The Kier molecular flexibility index (Phi) is 6.24. The maximum atomic E-state index is 2.59. The molecule has 0 saturated carbocycles. The third-order valence-electron chi connectivity index (χ3n) is 14.9. The maximum absolute atomic E-state index is 2.59. The summed E-state index contributed by atoms with van der Waals surface area (Å²) in [7, 11) is 0. The van der Waals surface area contributed by atoms with Crippen LogP contribution in [0.2, 0.25) is 0 Å². The van der Waals surface area contributed by atoms with Crippen molar-refractivity contribution in [1.82, 2.24) is 4.57 Å². The molecule has 0 N–H and O–H groups in total. The zero-order chi connectivity index (χ0) is 40.3. The summed E-state index contributed by atoms with van der Waals surface area (Å²) in [5.41, 5.74) is 18.7. The predicted molar refractivity (Wildman–Crippen MR) is 259 cm³/mol. The lowest BCUT2D eigenvalue weighted by Crippen LogP contribution is -2.43. The van der Waals surface area contributed by atoms with Crippen molar-refractivity contribution in [1.29, 1.82) is 0 Å². The monoisotopic (exact) mass is 801 g/mol. The number of rotatable bonds is 1. The van der Waals surface area contributed by atoms with Crippen LogP contribution < -0.4 is 0 Å². The molecule has 3 aliphatic rings. The fourth-order valence-electron chi connectivity index (χ4n) is 12.6. The van der Waals surface area contributed by atoms with Crippen LogP contribution in [0.15, 0.2) is 212 Å². The van der Waals surface area contributed by atoms with Crippen molar-refractivity contribution in [3.05, 3.63) is 257 Å². The largest absolute Gasteiger partial charge is 0.309 e. The Hall–Kier alpha value is -7.52. The molecule has 2 heteroatoms. The molecular weight excluding hydrogens is 767 g/mol. The first kappa shape index (κ1) is 33.2. The molecule has 0 unspecified atom stereocenters. The van der Waals surface area contributed by atoms with Gasteiger partial charge in [-0.3, -0.25) is 0 Å². The highest BCUT2D eigenvalue weighted by Gasteiger charge is 2.59. The van der Waals surface area contributed by atoms with Gasteiger partial charge in [0.25, 0.3) is 0 Å². The quantitative estimate of drug-likeness (QED) is 0.156. The molecule has 2 aromatic heterocycles. The van der Waals surface area contributed by atoms with Gasteiger partial charge in [-0.15, -0.1) is 11.3 Å². The summed E-state index contributed by atoms with van der Waals surface area (Å²) in [5.74, 6) is 0. The van der Waals surface area contributed by atoms with Gasteiger partial charge in [0.1, 0.15) is 0 Å². The molecule has 1 nitrogen and oxygen atoms in total. The van der Waals surface area contributed by atoms with E-state index in [2.05, 4.69) is 217 Å². The van der Waals surface area contributed by atoms with Gasteiger partial charge < -0.3 is 4.57 Å². The van der Waals surface area contributed by atoms with Gasteiger partial charge in [0.05, 0.1) is 21.9 Å². The van der Waals surface area contributed by atoms with Crippen molar-refractivity contribution in [2.24, 2.45) is 0 Å². The number of nitrogens with zero attached hydrogens (tertiary/aromatic N) is 1. The van der Waals surface area contributed by atoms with Crippen LogP contribution in [0.3, 0.4) is 0 Å². The van der Waals surface area contributed by atoms with E-state index in [0.29, 0.717) is 0 Å². The molecule has 15 rings (SSSR count). The topological polar surface area (TPSA) is 4.93 Å². The Labute approximate surface area is 362 Å². The normalized spacial score (nSPS) is 14.7. The molecule has 0 amide bonds. The molecule has 2 spiro atoms. The summed E-state index contributed by atoms with van der Waals surface area (Å²) >= 11 is 1.88. The van der Waals surface area contributed by atoms with Crippen molar-refractivity contribution in [3.63, 3.8) is 0 Å². The Balaban J connectivity index is 1.11. The van der Waals surface area contributed by atoms with Gasteiger partial charge in [0.15, 0.2) is 0 Å². The van der Waals surface area contributed by atoms with E-state index in [-0.39, 0.29) is 0 Å². The van der Waals surface area contributed by atoms with E-state index in [4.69, 9.17) is 0 Å². The van der Waals surface area contributed by atoms with E-state index < -0.39 is 10.8 Å². The SMILES string of the molecule is c1ccc2c(c1)-c1ccccc1C21c2ccccc2C2(c3ccccc3-c3cc4c5c6ccccc6ccc5n(-c5ccc6sc7ccccc7c6c5)c4cc32)c2ccccc21. The van der Waals surface area contributed by atoms with Crippen LogP contribution in [-0.4, -0.2) is 4.57 Å². The summed E-state index contributed by atoms with van der Waals surface area (Å²) in [5, 5.41) is 7.75. The molecule has 0 fully saturated rings. The molecule has 10 aromatic carbocycles. The van der Waals surface area contributed by atoms with Crippen LogP contribution in [-0.2, 0) is 10.8 Å². The summed E-state index contributed by atoms with van der Waals surface area (Å²) in [6.07, 6.45) is 0. The summed E-state index contributed by atoms with van der Waals surface area (Å²) in [6, 6.07) is 81.1. The second-order valence-corrected chi connectivity index (χ2v) is 18.5. The van der Waals surface area contributed by atoms with Gasteiger partial charge >= 0.3 is 0 Å². The summed E-state index contributed by atoms with van der Waals surface area (Å²) in [4.78, 5) is 0. The molecule has 62 heavy (non-hydrogen) atoms.